The predicted octanol–water partition coefficient (Wildman–Crippen LogP) is 2.54. The van der Waals surface area contributed by atoms with Crippen molar-refractivity contribution in [3.8, 4) is 0 Å². The average Bonchev–Trinajstić information content (AvgIpc) is 2.97. The molecule has 0 aromatic carbocycles. The van der Waals surface area contributed by atoms with Crippen LogP contribution >= 0.6 is 11.3 Å². The Labute approximate surface area is 122 Å². The number of hydrogen-bond acceptors (Lipinski definition) is 6. The number of ether oxygens (including phenoxy) is 1. The van der Waals surface area contributed by atoms with Crippen LogP contribution in [-0.2, 0) is 11.3 Å². The molecule has 0 spiro atoms. The minimum Gasteiger partial charge on any atom is -0.465 e. The molecule has 0 unspecified atom stereocenters. The van der Waals surface area contributed by atoms with Gasteiger partial charge in [0.05, 0.1) is 31.1 Å². The van der Waals surface area contributed by atoms with E-state index in [9.17, 15) is 4.79 Å². The highest BCUT2D eigenvalue weighted by Gasteiger charge is 2.15. The number of carbonyl (C=O) groups is 1. The maximum atomic E-state index is 11.7. The molecule has 20 heavy (non-hydrogen) atoms. The number of aromatic nitrogens is 1. The molecule has 0 saturated carbocycles. The van der Waals surface area contributed by atoms with Gasteiger partial charge in [-0.1, -0.05) is 6.07 Å². The van der Waals surface area contributed by atoms with Crippen LogP contribution in [0.1, 0.15) is 22.2 Å². The smallest absolute Gasteiger partial charge is 0.340 e. The Hall–Kier alpha value is -2.08. The van der Waals surface area contributed by atoms with Crippen molar-refractivity contribution in [3.05, 3.63) is 40.2 Å². The number of nitrogens with two attached hydrogens (primary N) is 1. The average molecular weight is 291 g/mol. The summed E-state index contributed by atoms with van der Waals surface area (Å²) >= 11 is 1.69. The summed E-state index contributed by atoms with van der Waals surface area (Å²) in [6.07, 6.45) is 1.50. The van der Waals surface area contributed by atoms with E-state index in [0.29, 0.717) is 11.3 Å². The first-order chi connectivity index (χ1) is 9.65. The second-order valence-corrected chi connectivity index (χ2v) is 5.25. The molecular weight excluding hydrogens is 274 g/mol. The van der Waals surface area contributed by atoms with Crippen LogP contribution in [0.15, 0.2) is 29.8 Å². The first kappa shape index (κ1) is 14.3. The lowest BCUT2D eigenvalue weighted by molar-refractivity contribution is 0.0602. The lowest BCUT2D eigenvalue weighted by Gasteiger charge is -2.22. The van der Waals surface area contributed by atoms with Crippen molar-refractivity contribution in [2.24, 2.45) is 0 Å². The van der Waals surface area contributed by atoms with Gasteiger partial charge >= 0.3 is 5.97 Å². The Morgan fingerprint density at radius 2 is 2.35 bits per heavy atom. The highest BCUT2D eigenvalue weighted by atomic mass is 32.1. The summed E-state index contributed by atoms with van der Waals surface area (Å²) in [6, 6.07) is 5.77. The first-order valence-corrected chi connectivity index (χ1v) is 7.14. The van der Waals surface area contributed by atoms with Crippen molar-refractivity contribution >= 4 is 28.8 Å². The normalized spacial score (nSPS) is 10.3. The van der Waals surface area contributed by atoms with Crippen molar-refractivity contribution in [3.63, 3.8) is 0 Å². The standard InChI is InChI=1S/C14H17N3O2S/c1-3-17(9-10-5-4-6-20-10)13-7-11(14(18)19-2)12(15)8-16-13/h4-8H,3,9,15H2,1-2H3. The lowest BCUT2D eigenvalue weighted by atomic mass is 10.2. The number of anilines is 2. The molecule has 5 nitrogen and oxygen atoms in total. The van der Waals surface area contributed by atoms with E-state index < -0.39 is 5.97 Å². The van der Waals surface area contributed by atoms with Crippen LogP contribution in [0.5, 0.6) is 0 Å². The number of nitrogen functional groups attached to an aromatic ring is 1. The van der Waals surface area contributed by atoms with E-state index in [-0.39, 0.29) is 0 Å². The van der Waals surface area contributed by atoms with Gasteiger partial charge in [-0.25, -0.2) is 9.78 Å². The van der Waals surface area contributed by atoms with Crippen LogP contribution in [0.25, 0.3) is 0 Å². The lowest BCUT2D eigenvalue weighted by Crippen LogP contribution is -2.23. The zero-order valence-electron chi connectivity index (χ0n) is 11.5. The number of methoxy groups -OCH3 is 1. The van der Waals surface area contributed by atoms with Crippen molar-refractivity contribution in [2.45, 2.75) is 13.5 Å². The Balaban J connectivity index is 2.28. The molecule has 2 aromatic rings. The Morgan fingerprint density at radius 3 is 2.95 bits per heavy atom. The Kier molecular flexibility index (Phi) is 4.57. The molecule has 2 N–H and O–H groups in total. The van der Waals surface area contributed by atoms with Gasteiger partial charge in [0.15, 0.2) is 0 Å². The van der Waals surface area contributed by atoms with Gasteiger partial charge in [-0.05, 0) is 24.4 Å². The maximum Gasteiger partial charge on any atom is 0.340 e. The molecule has 2 aromatic heterocycles. The van der Waals surface area contributed by atoms with E-state index in [2.05, 4.69) is 16.0 Å². The van der Waals surface area contributed by atoms with Crippen molar-refractivity contribution in [2.75, 3.05) is 24.3 Å². The second kappa shape index (κ2) is 6.38. The zero-order chi connectivity index (χ0) is 14.5. The van der Waals surface area contributed by atoms with E-state index in [1.54, 1.807) is 17.4 Å². The monoisotopic (exact) mass is 291 g/mol. The molecule has 106 valence electrons. The van der Waals surface area contributed by atoms with Gasteiger partial charge in [-0.15, -0.1) is 11.3 Å². The third-order valence-electron chi connectivity index (χ3n) is 2.96. The Bertz CT molecular complexity index is 584. The SMILES string of the molecule is CCN(Cc1cccs1)c1cc(C(=O)OC)c(N)cn1. The summed E-state index contributed by atoms with van der Waals surface area (Å²) in [5.41, 5.74) is 6.44. The van der Waals surface area contributed by atoms with Gasteiger partial charge in [0, 0.05) is 11.4 Å². The van der Waals surface area contributed by atoms with Crippen LogP contribution in [0.4, 0.5) is 11.5 Å². The molecule has 0 amide bonds. The minimum atomic E-state index is -0.446. The quantitative estimate of drug-likeness (QED) is 0.857. The highest BCUT2D eigenvalue weighted by Crippen LogP contribution is 2.21. The number of carbonyl (C=O) groups excluding carboxylic acids is 1. The molecule has 0 bridgehead atoms. The third kappa shape index (κ3) is 3.08. The zero-order valence-corrected chi connectivity index (χ0v) is 12.3. The second-order valence-electron chi connectivity index (χ2n) is 4.21. The van der Waals surface area contributed by atoms with Crippen LogP contribution in [0.3, 0.4) is 0 Å². The third-order valence-corrected chi connectivity index (χ3v) is 3.82. The number of pyridine rings is 1. The number of thiophene rings is 1. The minimum absolute atomic E-state index is 0.327. The van der Waals surface area contributed by atoms with Crippen molar-refractivity contribution in [1.29, 1.82) is 0 Å². The molecule has 0 aliphatic heterocycles. The molecule has 0 saturated heterocycles. The fourth-order valence-corrected chi connectivity index (χ4v) is 2.58. The summed E-state index contributed by atoms with van der Waals surface area (Å²) in [5, 5.41) is 2.04. The fourth-order valence-electron chi connectivity index (χ4n) is 1.86. The van der Waals surface area contributed by atoms with Crippen LogP contribution in [0, 0.1) is 0 Å². The van der Waals surface area contributed by atoms with Gasteiger partial charge in [0.1, 0.15) is 5.82 Å². The van der Waals surface area contributed by atoms with Crippen molar-refractivity contribution in [1.82, 2.24) is 4.98 Å². The first-order valence-electron chi connectivity index (χ1n) is 6.26. The maximum absolute atomic E-state index is 11.7. The molecule has 2 heterocycles. The summed E-state index contributed by atoms with van der Waals surface area (Å²) in [4.78, 5) is 19.3. The molecule has 0 radical (unpaired) electrons. The molecule has 0 aliphatic rings. The van der Waals surface area contributed by atoms with Gasteiger partial charge < -0.3 is 15.4 Å². The largest absolute Gasteiger partial charge is 0.465 e. The van der Waals surface area contributed by atoms with Gasteiger partial charge in [-0.3, -0.25) is 0 Å². The van der Waals surface area contributed by atoms with Gasteiger partial charge in [-0.2, -0.15) is 0 Å². The number of esters is 1. The Morgan fingerprint density at radius 1 is 1.55 bits per heavy atom. The predicted molar refractivity (Wildman–Crippen MR) is 81.0 cm³/mol. The van der Waals surface area contributed by atoms with Crippen LogP contribution in [0.2, 0.25) is 0 Å². The summed E-state index contributed by atoms with van der Waals surface area (Å²) in [5.74, 6) is 0.272. The summed E-state index contributed by atoms with van der Waals surface area (Å²) < 4.78 is 4.73. The highest BCUT2D eigenvalue weighted by molar-refractivity contribution is 7.09. The van der Waals surface area contributed by atoms with Gasteiger partial charge in [0.2, 0.25) is 0 Å². The van der Waals surface area contributed by atoms with Crippen LogP contribution < -0.4 is 10.6 Å². The number of nitrogens with zero attached hydrogens (tertiary/aromatic N) is 2. The molecule has 2 rings (SSSR count). The fraction of sp³-hybridized carbons (Fsp3) is 0.286. The van der Waals surface area contributed by atoms with E-state index in [1.807, 2.05) is 18.4 Å². The van der Waals surface area contributed by atoms with Crippen LogP contribution in [-0.4, -0.2) is 24.6 Å². The number of rotatable bonds is 5. The van der Waals surface area contributed by atoms with Crippen molar-refractivity contribution < 1.29 is 9.53 Å². The molecule has 0 aliphatic carbocycles. The van der Waals surface area contributed by atoms with E-state index in [1.165, 1.54) is 18.2 Å². The molecule has 0 atom stereocenters. The molecule has 0 fully saturated rings. The topological polar surface area (TPSA) is 68.5 Å². The number of hydrogen-bond donors (Lipinski definition) is 1. The summed E-state index contributed by atoms with van der Waals surface area (Å²) in [6.45, 7) is 3.59. The van der Waals surface area contributed by atoms with E-state index in [4.69, 9.17) is 10.5 Å². The van der Waals surface area contributed by atoms with E-state index >= 15 is 0 Å². The molecule has 6 heteroatoms. The molecular formula is C14H17N3O2S. The van der Waals surface area contributed by atoms with Gasteiger partial charge in [0.25, 0.3) is 0 Å². The van der Waals surface area contributed by atoms with E-state index in [0.717, 1.165) is 18.9 Å². The summed E-state index contributed by atoms with van der Waals surface area (Å²) in [7, 11) is 1.34.